The van der Waals surface area contributed by atoms with E-state index in [0.717, 1.165) is 73.2 Å². The van der Waals surface area contributed by atoms with Crippen LogP contribution >= 0.6 is 11.3 Å². The predicted octanol–water partition coefficient (Wildman–Crippen LogP) is 4.26. The lowest BCUT2D eigenvalue weighted by Gasteiger charge is -2.39. The van der Waals surface area contributed by atoms with Gasteiger partial charge in [0, 0.05) is 45.0 Å². The SMILES string of the molecule is CCOc1ccc2nc(N3CCC[C@H](C(=O)N4CCN(c5ccccc5)CC4)C3)sc2c1. The van der Waals surface area contributed by atoms with Crippen LogP contribution in [0, 0.1) is 5.92 Å². The number of hydrogen-bond donors (Lipinski definition) is 0. The van der Waals surface area contributed by atoms with Crippen molar-refractivity contribution in [2.75, 3.05) is 55.7 Å². The van der Waals surface area contributed by atoms with Crippen LogP contribution in [0.1, 0.15) is 19.8 Å². The molecule has 0 N–H and O–H groups in total. The Hall–Kier alpha value is -2.80. The van der Waals surface area contributed by atoms with Gasteiger partial charge in [-0.25, -0.2) is 4.98 Å². The number of aromatic nitrogens is 1. The van der Waals surface area contributed by atoms with Gasteiger partial charge in [-0.15, -0.1) is 0 Å². The van der Waals surface area contributed by atoms with Crippen LogP contribution in [0.2, 0.25) is 0 Å². The van der Waals surface area contributed by atoms with Crippen LogP contribution in [0.3, 0.4) is 0 Å². The van der Waals surface area contributed by atoms with Crippen molar-refractivity contribution < 1.29 is 9.53 Å². The molecule has 0 bridgehead atoms. The summed E-state index contributed by atoms with van der Waals surface area (Å²) in [6, 6.07) is 16.6. The molecule has 0 radical (unpaired) electrons. The third-order valence-electron chi connectivity index (χ3n) is 6.41. The summed E-state index contributed by atoms with van der Waals surface area (Å²) in [6.45, 7) is 7.76. The van der Waals surface area contributed by atoms with Crippen LogP contribution in [0.4, 0.5) is 10.8 Å². The maximum Gasteiger partial charge on any atom is 0.227 e. The number of amides is 1. The zero-order valence-corrected chi connectivity index (χ0v) is 19.4. The fourth-order valence-electron chi connectivity index (χ4n) is 4.72. The van der Waals surface area contributed by atoms with Gasteiger partial charge in [0.1, 0.15) is 5.75 Å². The Morgan fingerprint density at radius 3 is 2.66 bits per heavy atom. The van der Waals surface area contributed by atoms with Gasteiger partial charge in [-0.1, -0.05) is 29.5 Å². The molecule has 3 heterocycles. The normalized spacial score (nSPS) is 19.4. The number of nitrogens with zero attached hydrogens (tertiary/aromatic N) is 4. The van der Waals surface area contributed by atoms with Crippen molar-refractivity contribution in [2.45, 2.75) is 19.8 Å². The first-order valence-corrected chi connectivity index (χ1v) is 12.4. The first kappa shape index (κ1) is 21.1. The van der Waals surface area contributed by atoms with E-state index in [1.54, 1.807) is 11.3 Å². The second-order valence-electron chi connectivity index (χ2n) is 8.49. The smallest absolute Gasteiger partial charge is 0.227 e. The monoisotopic (exact) mass is 450 g/mol. The molecule has 2 fully saturated rings. The Labute approximate surface area is 193 Å². The maximum absolute atomic E-state index is 13.3. The van der Waals surface area contributed by atoms with E-state index in [0.29, 0.717) is 12.5 Å². The Morgan fingerprint density at radius 2 is 1.88 bits per heavy atom. The number of carbonyl (C=O) groups excluding carboxylic acids is 1. The molecule has 7 heteroatoms. The number of benzene rings is 2. The van der Waals surface area contributed by atoms with Crippen molar-refractivity contribution in [2.24, 2.45) is 5.92 Å². The fraction of sp³-hybridized carbons (Fsp3) is 0.440. The van der Waals surface area contributed by atoms with Crippen molar-refractivity contribution in [1.29, 1.82) is 0 Å². The summed E-state index contributed by atoms with van der Waals surface area (Å²) in [7, 11) is 0. The van der Waals surface area contributed by atoms with Gasteiger partial charge < -0.3 is 19.4 Å². The highest BCUT2D eigenvalue weighted by Crippen LogP contribution is 2.34. The predicted molar refractivity (Wildman–Crippen MR) is 131 cm³/mol. The van der Waals surface area contributed by atoms with Crippen LogP contribution < -0.4 is 14.5 Å². The minimum atomic E-state index is 0.0537. The van der Waals surface area contributed by atoms with Crippen LogP contribution in [-0.2, 0) is 4.79 Å². The molecule has 0 aliphatic carbocycles. The molecule has 1 aromatic heterocycles. The van der Waals surface area contributed by atoms with Crippen LogP contribution in [-0.4, -0.2) is 61.7 Å². The highest BCUT2D eigenvalue weighted by molar-refractivity contribution is 7.22. The number of fused-ring (bicyclic) bond motifs is 1. The molecule has 2 saturated heterocycles. The molecule has 1 atom stereocenters. The number of piperidine rings is 1. The number of ether oxygens (including phenoxy) is 1. The number of rotatable bonds is 5. The number of thiazole rings is 1. The maximum atomic E-state index is 13.3. The number of hydrogen-bond acceptors (Lipinski definition) is 6. The van der Waals surface area contributed by atoms with Crippen LogP contribution in [0.5, 0.6) is 5.75 Å². The summed E-state index contributed by atoms with van der Waals surface area (Å²) in [5.74, 6) is 1.25. The van der Waals surface area contributed by atoms with E-state index in [1.165, 1.54) is 5.69 Å². The lowest BCUT2D eigenvalue weighted by Crippen LogP contribution is -2.52. The molecule has 2 aliphatic rings. The fourth-order valence-corrected chi connectivity index (χ4v) is 5.75. The average molecular weight is 451 g/mol. The van der Waals surface area contributed by atoms with Gasteiger partial charge in [0.05, 0.1) is 22.7 Å². The largest absolute Gasteiger partial charge is 0.494 e. The molecule has 0 saturated carbocycles. The summed E-state index contributed by atoms with van der Waals surface area (Å²) in [5.41, 5.74) is 2.24. The van der Waals surface area contributed by atoms with Crippen molar-refractivity contribution in [3.05, 3.63) is 48.5 Å². The second-order valence-corrected chi connectivity index (χ2v) is 9.50. The van der Waals surface area contributed by atoms with Crippen molar-refractivity contribution in [3.63, 3.8) is 0 Å². The van der Waals surface area contributed by atoms with E-state index in [-0.39, 0.29) is 5.92 Å². The van der Waals surface area contributed by atoms with Gasteiger partial charge in [-0.3, -0.25) is 4.79 Å². The van der Waals surface area contributed by atoms with Gasteiger partial charge in [0.2, 0.25) is 5.91 Å². The van der Waals surface area contributed by atoms with Gasteiger partial charge in [-0.2, -0.15) is 0 Å². The van der Waals surface area contributed by atoms with Crippen molar-refractivity contribution in [3.8, 4) is 5.75 Å². The molecule has 2 aliphatic heterocycles. The summed E-state index contributed by atoms with van der Waals surface area (Å²) in [5, 5.41) is 1.01. The quantitative estimate of drug-likeness (QED) is 0.581. The number of anilines is 2. The molecule has 0 spiro atoms. The highest BCUT2D eigenvalue weighted by atomic mass is 32.1. The van der Waals surface area contributed by atoms with Gasteiger partial charge in [0.15, 0.2) is 5.13 Å². The zero-order chi connectivity index (χ0) is 21.9. The molecule has 5 rings (SSSR count). The Balaban J connectivity index is 1.22. The van der Waals surface area contributed by atoms with Crippen LogP contribution in [0.25, 0.3) is 10.2 Å². The third kappa shape index (κ3) is 4.39. The Kier molecular flexibility index (Phi) is 6.17. The van der Waals surface area contributed by atoms with Crippen molar-refractivity contribution in [1.82, 2.24) is 9.88 Å². The minimum absolute atomic E-state index is 0.0537. The standard InChI is InChI=1S/C25H30N4O2S/c1-2-31-21-10-11-22-23(17-21)32-25(26-22)29-12-6-7-19(18-29)24(30)28-15-13-27(14-16-28)20-8-4-3-5-9-20/h3-5,8-11,17,19H,2,6-7,12-16,18H2,1H3/t19-/m0/s1. The third-order valence-corrected chi connectivity index (χ3v) is 7.49. The average Bonchev–Trinajstić information content (AvgIpc) is 3.28. The van der Waals surface area contributed by atoms with Crippen molar-refractivity contribution >= 4 is 38.3 Å². The highest BCUT2D eigenvalue weighted by Gasteiger charge is 2.32. The first-order chi connectivity index (χ1) is 15.7. The molecular weight excluding hydrogens is 420 g/mol. The lowest BCUT2D eigenvalue weighted by molar-refractivity contribution is -0.136. The number of piperazine rings is 1. The van der Waals surface area contributed by atoms with Gasteiger partial charge >= 0.3 is 0 Å². The molecule has 2 aromatic carbocycles. The van der Waals surface area contributed by atoms with E-state index >= 15 is 0 Å². The molecule has 0 unspecified atom stereocenters. The molecular formula is C25H30N4O2S. The van der Waals surface area contributed by atoms with E-state index in [4.69, 9.17) is 9.72 Å². The van der Waals surface area contributed by atoms with E-state index in [9.17, 15) is 4.79 Å². The molecule has 6 nitrogen and oxygen atoms in total. The summed E-state index contributed by atoms with van der Waals surface area (Å²) >= 11 is 1.69. The first-order valence-electron chi connectivity index (χ1n) is 11.6. The molecule has 168 valence electrons. The molecule has 1 amide bonds. The Morgan fingerprint density at radius 1 is 1.06 bits per heavy atom. The van der Waals surface area contributed by atoms with Crippen LogP contribution in [0.15, 0.2) is 48.5 Å². The van der Waals surface area contributed by atoms with E-state index in [1.807, 2.05) is 25.1 Å². The topological polar surface area (TPSA) is 48.9 Å². The minimum Gasteiger partial charge on any atom is -0.494 e. The number of para-hydroxylation sites is 1. The molecule has 3 aromatic rings. The lowest BCUT2D eigenvalue weighted by atomic mass is 9.96. The molecule has 32 heavy (non-hydrogen) atoms. The van der Waals surface area contributed by atoms with Gasteiger partial charge in [0.25, 0.3) is 0 Å². The zero-order valence-electron chi connectivity index (χ0n) is 18.6. The Bertz CT molecular complexity index is 1060. The second kappa shape index (κ2) is 9.36. The summed E-state index contributed by atoms with van der Waals surface area (Å²) in [6.07, 6.45) is 1.99. The van der Waals surface area contributed by atoms with E-state index < -0.39 is 0 Å². The van der Waals surface area contributed by atoms with E-state index in [2.05, 4.69) is 45.0 Å². The summed E-state index contributed by atoms with van der Waals surface area (Å²) in [4.78, 5) is 24.9. The summed E-state index contributed by atoms with van der Waals surface area (Å²) < 4.78 is 6.77. The van der Waals surface area contributed by atoms with Gasteiger partial charge in [-0.05, 0) is 50.1 Å². The number of carbonyl (C=O) groups is 1.